The number of anilines is 2. The fourth-order valence-electron chi connectivity index (χ4n) is 4.58. The van der Waals surface area contributed by atoms with Gasteiger partial charge >= 0.3 is 0 Å². The molecular weight excluding hydrogens is 403 g/mol. The molecule has 0 aromatic heterocycles. The predicted octanol–water partition coefficient (Wildman–Crippen LogP) is 4.41. The quantitative estimate of drug-likeness (QED) is 0.677. The smallest absolute Gasteiger partial charge is 0.266 e. The Morgan fingerprint density at radius 1 is 1.03 bits per heavy atom. The average Bonchev–Trinajstić information content (AvgIpc) is 3.15. The zero-order chi connectivity index (χ0) is 21.3. The van der Waals surface area contributed by atoms with Gasteiger partial charge in [0.1, 0.15) is 17.7 Å². The number of aryl methyl sites for hydroxylation is 1. The Balaban J connectivity index is 1.76. The van der Waals surface area contributed by atoms with Gasteiger partial charge in [-0.15, -0.1) is 0 Å². The van der Waals surface area contributed by atoms with Crippen LogP contribution in [0.2, 0.25) is 0 Å². The lowest BCUT2D eigenvalue weighted by Gasteiger charge is -2.30. The van der Waals surface area contributed by atoms with Crippen LogP contribution in [-0.2, 0) is 15.4 Å². The topological polar surface area (TPSA) is 58.6 Å². The highest BCUT2D eigenvalue weighted by molar-refractivity contribution is 7.93. The number of sulfonamides is 1. The number of hydrogen-bond acceptors (Lipinski definition) is 4. The third kappa shape index (κ3) is 2.41. The Labute approximate surface area is 175 Å². The van der Waals surface area contributed by atoms with Crippen molar-refractivity contribution in [3.8, 4) is 5.75 Å². The molecular formula is C23H21FN2O3S. The van der Waals surface area contributed by atoms with E-state index in [0.717, 1.165) is 22.4 Å². The van der Waals surface area contributed by atoms with Crippen LogP contribution < -0.4 is 14.4 Å². The molecule has 1 N–H and O–H groups in total. The molecule has 0 saturated carbocycles. The van der Waals surface area contributed by atoms with E-state index in [1.54, 1.807) is 49.6 Å². The monoisotopic (exact) mass is 424 g/mol. The number of methoxy groups -OCH3 is 1. The molecule has 154 valence electrons. The molecule has 3 aromatic carbocycles. The first kappa shape index (κ1) is 18.9. The summed E-state index contributed by atoms with van der Waals surface area (Å²) in [6.07, 6.45) is -0.622. The van der Waals surface area contributed by atoms with Crippen LogP contribution in [0, 0.1) is 12.7 Å². The van der Waals surface area contributed by atoms with Gasteiger partial charge in [0.2, 0.25) is 0 Å². The van der Waals surface area contributed by atoms with E-state index in [1.165, 1.54) is 16.4 Å². The summed E-state index contributed by atoms with van der Waals surface area (Å²) in [5, 5.41) is 3.33. The molecule has 0 fully saturated rings. The maximum atomic E-state index is 14.2. The standard InChI is InChI=1S/C23H21FN2O3S/c1-14-4-8-17(9-5-14)30(27,28)26-21-11-7-16(29-3)13-19(21)23(2)18-12-15(24)6-10-20(18)25-22(23)26/h4-13,22,25H,1-3H3/t22-,23+/m1/s1. The molecule has 0 amide bonds. The number of rotatable bonds is 3. The van der Waals surface area contributed by atoms with E-state index >= 15 is 0 Å². The molecule has 5 rings (SSSR count). The Morgan fingerprint density at radius 3 is 2.47 bits per heavy atom. The highest BCUT2D eigenvalue weighted by atomic mass is 32.2. The van der Waals surface area contributed by atoms with Gasteiger partial charge in [0.05, 0.1) is 23.1 Å². The van der Waals surface area contributed by atoms with Gasteiger partial charge in [-0.3, -0.25) is 0 Å². The molecule has 2 aliphatic heterocycles. The lowest BCUT2D eigenvalue weighted by Crippen LogP contribution is -2.47. The second-order valence-electron chi connectivity index (χ2n) is 7.94. The van der Waals surface area contributed by atoms with Crippen molar-refractivity contribution in [3.63, 3.8) is 0 Å². The zero-order valence-corrected chi connectivity index (χ0v) is 17.6. The number of nitrogens with one attached hydrogen (secondary N) is 1. The van der Waals surface area contributed by atoms with Crippen molar-refractivity contribution in [2.24, 2.45) is 0 Å². The Morgan fingerprint density at radius 2 is 1.77 bits per heavy atom. The molecule has 2 aliphatic rings. The van der Waals surface area contributed by atoms with Crippen LogP contribution in [0.25, 0.3) is 0 Å². The lowest BCUT2D eigenvalue weighted by atomic mass is 9.77. The molecule has 0 radical (unpaired) electrons. The van der Waals surface area contributed by atoms with Crippen molar-refractivity contribution in [1.82, 2.24) is 0 Å². The maximum Gasteiger partial charge on any atom is 0.266 e. The normalized spacial score (nSPS) is 21.6. The second kappa shape index (κ2) is 6.22. The number of nitrogens with zero attached hydrogens (tertiary/aromatic N) is 1. The van der Waals surface area contributed by atoms with E-state index in [9.17, 15) is 12.8 Å². The first-order chi connectivity index (χ1) is 14.3. The molecule has 7 heteroatoms. The third-order valence-corrected chi connectivity index (χ3v) is 7.99. The van der Waals surface area contributed by atoms with E-state index in [4.69, 9.17) is 4.74 Å². The molecule has 0 aliphatic carbocycles. The van der Waals surface area contributed by atoms with E-state index < -0.39 is 21.6 Å². The molecule has 30 heavy (non-hydrogen) atoms. The molecule has 2 atom stereocenters. The summed E-state index contributed by atoms with van der Waals surface area (Å²) in [7, 11) is -2.31. The fraction of sp³-hybridized carbons (Fsp3) is 0.217. The lowest BCUT2D eigenvalue weighted by molar-refractivity contribution is 0.413. The minimum absolute atomic E-state index is 0.211. The second-order valence-corrected chi connectivity index (χ2v) is 9.75. The van der Waals surface area contributed by atoms with Crippen molar-refractivity contribution in [2.75, 3.05) is 16.7 Å². The number of benzene rings is 3. The average molecular weight is 424 g/mol. The van der Waals surface area contributed by atoms with Gasteiger partial charge in [0.15, 0.2) is 0 Å². The van der Waals surface area contributed by atoms with Crippen molar-refractivity contribution >= 4 is 21.4 Å². The van der Waals surface area contributed by atoms with Crippen molar-refractivity contribution in [1.29, 1.82) is 0 Å². The van der Waals surface area contributed by atoms with Crippen molar-refractivity contribution in [3.05, 3.63) is 83.2 Å². The van der Waals surface area contributed by atoms with Crippen LogP contribution >= 0.6 is 0 Å². The molecule has 0 bridgehead atoms. The highest BCUT2D eigenvalue weighted by Gasteiger charge is 2.57. The summed E-state index contributed by atoms with van der Waals surface area (Å²) in [5.41, 5.74) is 2.99. The Kier molecular flexibility index (Phi) is 3.92. The minimum Gasteiger partial charge on any atom is -0.497 e. The number of fused-ring (bicyclic) bond motifs is 5. The maximum absolute atomic E-state index is 14.2. The van der Waals surface area contributed by atoms with Gasteiger partial charge in [-0.1, -0.05) is 17.7 Å². The fourth-order valence-corrected chi connectivity index (χ4v) is 6.24. The van der Waals surface area contributed by atoms with E-state index in [0.29, 0.717) is 11.4 Å². The third-order valence-electron chi connectivity index (χ3n) is 6.19. The number of hydrogen-bond donors (Lipinski definition) is 1. The predicted molar refractivity (Wildman–Crippen MR) is 114 cm³/mol. The van der Waals surface area contributed by atoms with Gasteiger partial charge in [0.25, 0.3) is 10.0 Å². The first-order valence-corrected chi connectivity index (χ1v) is 11.1. The van der Waals surface area contributed by atoms with E-state index in [1.807, 2.05) is 19.9 Å². The summed E-state index contributed by atoms with van der Waals surface area (Å²) < 4.78 is 48.5. The summed E-state index contributed by atoms with van der Waals surface area (Å²) in [5.74, 6) is 0.259. The minimum atomic E-state index is -3.87. The number of ether oxygens (including phenoxy) is 1. The molecule has 0 unspecified atom stereocenters. The molecule has 3 aromatic rings. The summed E-state index contributed by atoms with van der Waals surface area (Å²) in [6.45, 7) is 3.85. The summed E-state index contributed by atoms with van der Waals surface area (Å²) >= 11 is 0. The van der Waals surface area contributed by atoms with E-state index in [-0.39, 0.29) is 10.7 Å². The number of halogens is 1. The Bertz CT molecular complexity index is 1270. The van der Waals surface area contributed by atoms with Crippen LogP contribution in [-0.4, -0.2) is 21.7 Å². The Hall–Kier alpha value is -3.06. The van der Waals surface area contributed by atoms with Gasteiger partial charge in [-0.05, 0) is 73.5 Å². The van der Waals surface area contributed by atoms with Crippen LogP contribution in [0.5, 0.6) is 5.75 Å². The van der Waals surface area contributed by atoms with Gasteiger partial charge in [0, 0.05) is 5.69 Å². The van der Waals surface area contributed by atoms with Crippen LogP contribution in [0.3, 0.4) is 0 Å². The van der Waals surface area contributed by atoms with Crippen molar-refractivity contribution in [2.45, 2.75) is 30.3 Å². The first-order valence-electron chi connectivity index (χ1n) is 9.63. The van der Waals surface area contributed by atoms with Crippen LogP contribution in [0.4, 0.5) is 15.8 Å². The highest BCUT2D eigenvalue weighted by Crippen LogP contribution is 2.57. The van der Waals surface area contributed by atoms with Crippen LogP contribution in [0.1, 0.15) is 23.6 Å². The SMILES string of the molecule is COc1ccc2c(c1)[C@]1(C)c3cc(F)ccc3N[C@@H]1N2S(=O)(=O)c1ccc(C)cc1. The molecule has 2 heterocycles. The van der Waals surface area contributed by atoms with Crippen molar-refractivity contribution < 1.29 is 17.5 Å². The van der Waals surface area contributed by atoms with Gasteiger partial charge < -0.3 is 10.1 Å². The summed E-state index contributed by atoms with van der Waals surface area (Å²) in [4.78, 5) is 0.211. The zero-order valence-electron chi connectivity index (χ0n) is 16.8. The van der Waals surface area contributed by atoms with Gasteiger partial charge in [-0.2, -0.15) is 0 Å². The largest absolute Gasteiger partial charge is 0.497 e. The molecule has 0 spiro atoms. The summed E-state index contributed by atoms with van der Waals surface area (Å²) in [6, 6.07) is 16.6. The van der Waals surface area contributed by atoms with Gasteiger partial charge in [-0.25, -0.2) is 17.1 Å². The van der Waals surface area contributed by atoms with E-state index in [2.05, 4.69) is 5.32 Å². The molecule has 5 nitrogen and oxygen atoms in total. The molecule has 0 saturated heterocycles. The van der Waals surface area contributed by atoms with Crippen LogP contribution in [0.15, 0.2) is 65.6 Å².